The third-order valence-electron chi connectivity index (χ3n) is 2.24. The molecule has 0 aliphatic heterocycles. The molecule has 0 amide bonds. The van der Waals surface area contributed by atoms with Gasteiger partial charge < -0.3 is 5.73 Å². The zero-order chi connectivity index (χ0) is 11.1. The predicted octanol–water partition coefficient (Wildman–Crippen LogP) is 0.493. The normalized spacial score (nSPS) is 12.4. The van der Waals surface area contributed by atoms with Crippen LogP contribution in [0, 0.1) is 6.92 Å². The molecule has 0 unspecified atom stereocenters. The molecular formula is C8H15N3O2S. The summed E-state index contributed by atoms with van der Waals surface area (Å²) in [6.07, 6.45) is 0. The second-order valence-electron chi connectivity index (χ2n) is 3.52. The summed E-state index contributed by atoms with van der Waals surface area (Å²) in [5.74, 6) is 0. The van der Waals surface area contributed by atoms with Crippen LogP contribution in [-0.4, -0.2) is 23.4 Å². The summed E-state index contributed by atoms with van der Waals surface area (Å²) < 4.78 is 25.0. The topological polar surface area (TPSA) is 78.0 Å². The molecule has 0 bridgehead atoms. The van der Waals surface area contributed by atoms with Crippen molar-refractivity contribution in [3.8, 4) is 0 Å². The van der Waals surface area contributed by atoms with Crippen molar-refractivity contribution in [2.24, 2.45) is 7.05 Å². The number of nitrogen functional groups attached to an aromatic ring is 1. The molecule has 0 atom stereocenters. The van der Waals surface area contributed by atoms with Crippen molar-refractivity contribution in [3.05, 3.63) is 5.69 Å². The highest BCUT2D eigenvalue weighted by molar-refractivity contribution is 7.92. The van der Waals surface area contributed by atoms with Gasteiger partial charge in [-0.3, -0.25) is 4.68 Å². The fourth-order valence-electron chi connectivity index (χ4n) is 1.03. The van der Waals surface area contributed by atoms with E-state index in [2.05, 4.69) is 5.10 Å². The molecule has 1 heterocycles. The third-order valence-corrected chi connectivity index (χ3v) is 4.32. The van der Waals surface area contributed by atoms with Crippen LogP contribution in [0.4, 0.5) is 5.69 Å². The molecule has 0 aliphatic rings. The van der Waals surface area contributed by atoms with E-state index in [4.69, 9.17) is 5.73 Å². The second-order valence-corrected chi connectivity index (χ2v) is 5.94. The highest BCUT2D eigenvalue weighted by atomic mass is 32.2. The van der Waals surface area contributed by atoms with Gasteiger partial charge in [0.25, 0.3) is 0 Å². The largest absolute Gasteiger partial charge is 0.395 e. The van der Waals surface area contributed by atoms with Crippen LogP contribution in [0.2, 0.25) is 0 Å². The molecule has 1 aromatic rings. The number of anilines is 1. The molecule has 6 heteroatoms. The van der Waals surface area contributed by atoms with E-state index in [1.54, 1.807) is 27.8 Å². The van der Waals surface area contributed by atoms with E-state index in [9.17, 15) is 8.42 Å². The van der Waals surface area contributed by atoms with Crippen LogP contribution in [0.15, 0.2) is 5.03 Å². The smallest absolute Gasteiger partial charge is 0.201 e. The Kier molecular flexibility index (Phi) is 2.58. The molecule has 14 heavy (non-hydrogen) atoms. The monoisotopic (exact) mass is 217 g/mol. The molecule has 0 saturated heterocycles. The van der Waals surface area contributed by atoms with E-state index >= 15 is 0 Å². The SMILES string of the molecule is Cc1c(N)c(S(=O)(=O)C(C)C)nn1C. The van der Waals surface area contributed by atoms with E-state index in [-0.39, 0.29) is 10.7 Å². The lowest BCUT2D eigenvalue weighted by Gasteiger charge is -2.04. The van der Waals surface area contributed by atoms with Crippen LogP contribution in [-0.2, 0) is 16.9 Å². The summed E-state index contributed by atoms with van der Waals surface area (Å²) >= 11 is 0. The van der Waals surface area contributed by atoms with E-state index in [0.29, 0.717) is 5.69 Å². The van der Waals surface area contributed by atoms with Crippen molar-refractivity contribution in [1.82, 2.24) is 9.78 Å². The minimum Gasteiger partial charge on any atom is -0.395 e. The minimum absolute atomic E-state index is 0.00694. The van der Waals surface area contributed by atoms with Crippen LogP contribution in [0.1, 0.15) is 19.5 Å². The van der Waals surface area contributed by atoms with Crippen molar-refractivity contribution in [2.45, 2.75) is 31.0 Å². The molecule has 1 rings (SSSR count). The van der Waals surface area contributed by atoms with Gasteiger partial charge in [0.1, 0.15) is 0 Å². The Bertz CT molecular complexity index is 445. The molecule has 0 aromatic carbocycles. The molecule has 0 saturated carbocycles. The van der Waals surface area contributed by atoms with Gasteiger partial charge in [0.05, 0.1) is 16.6 Å². The van der Waals surface area contributed by atoms with Crippen LogP contribution < -0.4 is 5.73 Å². The summed E-state index contributed by atoms with van der Waals surface area (Å²) in [4.78, 5) is 0. The van der Waals surface area contributed by atoms with Crippen LogP contribution in [0.25, 0.3) is 0 Å². The average Bonchev–Trinajstić information content (AvgIpc) is 2.33. The maximum Gasteiger partial charge on any atom is 0.201 e. The molecule has 2 N–H and O–H groups in total. The van der Waals surface area contributed by atoms with Gasteiger partial charge in [-0.15, -0.1) is 0 Å². The summed E-state index contributed by atoms with van der Waals surface area (Å²) in [5, 5.41) is 3.40. The average molecular weight is 217 g/mol. The van der Waals surface area contributed by atoms with E-state index in [1.807, 2.05) is 0 Å². The highest BCUT2D eigenvalue weighted by Gasteiger charge is 2.26. The summed E-state index contributed by atoms with van der Waals surface area (Å²) in [7, 11) is -1.69. The van der Waals surface area contributed by atoms with Crippen molar-refractivity contribution in [2.75, 3.05) is 5.73 Å². The first-order valence-electron chi connectivity index (χ1n) is 4.31. The fraction of sp³-hybridized carbons (Fsp3) is 0.625. The van der Waals surface area contributed by atoms with Gasteiger partial charge in [0.15, 0.2) is 5.03 Å². The number of nitrogens with zero attached hydrogens (tertiary/aromatic N) is 2. The number of sulfone groups is 1. The maximum absolute atomic E-state index is 11.8. The highest BCUT2D eigenvalue weighted by Crippen LogP contribution is 2.23. The quantitative estimate of drug-likeness (QED) is 0.782. The van der Waals surface area contributed by atoms with Crippen LogP contribution >= 0.6 is 0 Å². The first kappa shape index (κ1) is 11.0. The minimum atomic E-state index is -3.37. The lowest BCUT2D eigenvalue weighted by molar-refractivity contribution is 0.579. The number of rotatable bonds is 2. The Morgan fingerprint density at radius 1 is 1.43 bits per heavy atom. The van der Waals surface area contributed by atoms with Gasteiger partial charge in [-0.2, -0.15) is 5.10 Å². The first-order chi connectivity index (χ1) is 6.28. The fourth-order valence-corrected chi connectivity index (χ4v) is 2.16. The van der Waals surface area contributed by atoms with Gasteiger partial charge in [0, 0.05) is 7.05 Å². The number of hydrogen-bond donors (Lipinski definition) is 1. The zero-order valence-corrected chi connectivity index (χ0v) is 9.59. The lowest BCUT2D eigenvalue weighted by Crippen LogP contribution is -2.16. The zero-order valence-electron chi connectivity index (χ0n) is 8.77. The van der Waals surface area contributed by atoms with Gasteiger partial charge in [-0.1, -0.05) is 0 Å². The van der Waals surface area contributed by atoms with Crippen molar-refractivity contribution in [3.63, 3.8) is 0 Å². The Labute approximate surface area is 83.8 Å². The molecule has 0 fully saturated rings. The molecule has 0 radical (unpaired) electrons. The van der Waals surface area contributed by atoms with Crippen molar-refractivity contribution in [1.29, 1.82) is 0 Å². The Balaban J connectivity index is 3.42. The van der Waals surface area contributed by atoms with Gasteiger partial charge >= 0.3 is 0 Å². The second kappa shape index (κ2) is 3.27. The summed E-state index contributed by atoms with van der Waals surface area (Å²) in [5.41, 5.74) is 6.59. The van der Waals surface area contributed by atoms with E-state index in [0.717, 1.165) is 0 Å². The summed E-state index contributed by atoms with van der Waals surface area (Å²) in [6.45, 7) is 4.96. The van der Waals surface area contributed by atoms with E-state index < -0.39 is 15.1 Å². The molecule has 5 nitrogen and oxygen atoms in total. The Hall–Kier alpha value is -1.04. The summed E-state index contributed by atoms with van der Waals surface area (Å²) in [6, 6.07) is 0. The molecular weight excluding hydrogens is 202 g/mol. The van der Waals surface area contributed by atoms with Gasteiger partial charge in [-0.25, -0.2) is 8.42 Å². The Morgan fingerprint density at radius 3 is 2.21 bits per heavy atom. The number of hydrogen-bond acceptors (Lipinski definition) is 4. The van der Waals surface area contributed by atoms with Gasteiger partial charge in [0.2, 0.25) is 9.84 Å². The number of nitrogens with two attached hydrogens (primary N) is 1. The van der Waals surface area contributed by atoms with Crippen molar-refractivity contribution < 1.29 is 8.42 Å². The molecule has 0 spiro atoms. The Morgan fingerprint density at radius 2 is 1.93 bits per heavy atom. The van der Waals surface area contributed by atoms with Gasteiger partial charge in [-0.05, 0) is 20.8 Å². The number of aryl methyl sites for hydroxylation is 1. The van der Waals surface area contributed by atoms with E-state index in [1.165, 1.54) is 4.68 Å². The standard InChI is InChI=1S/C8H15N3O2S/c1-5(2)14(12,13)8-7(9)6(3)11(4)10-8/h5H,9H2,1-4H3. The predicted molar refractivity (Wildman–Crippen MR) is 54.7 cm³/mol. The molecule has 1 aromatic heterocycles. The lowest BCUT2D eigenvalue weighted by atomic mass is 10.4. The number of aromatic nitrogens is 2. The molecule has 80 valence electrons. The van der Waals surface area contributed by atoms with Crippen molar-refractivity contribution >= 4 is 15.5 Å². The third kappa shape index (κ3) is 1.50. The van der Waals surface area contributed by atoms with Crippen LogP contribution in [0.3, 0.4) is 0 Å². The first-order valence-corrected chi connectivity index (χ1v) is 5.86. The van der Waals surface area contributed by atoms with Crippen LogP contribution in [0.5, 0.6) is 0 Å². The molecule has 0 aliphatic carbocycles. The maximum atomic E-state index is 11.8.